The van der Waals surface area contributed by atoms with Crippen LogP contribution in [0.4, 0.5) is 0 Å². The second kappa shape index (κ2) is 13.8. The van der Waals surface area contributed by atoms with Crippen LogP contribution in [-0.2, 0) is 0 Å². The number of aromatic nitrogens is 4. The first kappa shape index (κ1) is 34.8. The number of benzene rings is 3. The van der Waals surface area contributed by atoms with Crippen LogP contribution in [0.2, 0.25) is 0 Å². The molecule has 5 nitrogen and oxygen atoms in total. The zero-order valence-electron chi connectivity index (χ0n) is 32.2. The molecule has 0 fully saturated rings. The second-order valence-electron chi connectivity index (χ2n) is 16.0. The first-order valence-electron chi connectivity index (χ1n) is 19.0. The molecule has 2 atom stereocenters. The number of fused-ring (bicyclic) bond motifs is 3. The summed E-state index contributed by atoms with van der Waals surface area (Å²) in [4.78, 5) is 4.84. The van der Waals surface area contributed by atoms with Gasteiger partial charge in [0, 0.05) is 46.3 Å². The smallest absolute Gasteiger partial charge is 0.137 e. The molecule has 51 heavy (non-hydrogen) atoms. The molecule has 0 aliphatic heterocycles. The zero-order valence-corrected chi connectivity index (χ0v) is 32.2. The lowest BCUT2D eigenvalue weighted by molar-refractivity contribution is 0.297. The summed E-state index contributed by atoms with van der Waals surface area (Å²) in [5, 5.41) is 7.63. The highest BCUT2D eigenvalue weighted by molar-refractivity contribution is 6.09. The molecule has 264 valence electrons. The third-order valence-electron chi connectivity index (χ3n) is 11.2. The number of hydrogen-bond acceptors (Lipinski definition) is 3. The normalized spacial score (nSPS) is 16.7. The largest absolute Gasteiger partial charge is 0.457 e. The van der Waals surface area contributed by atoms with Crippen molar-refractivity contribution in [2.45, 2.75) is 99.8 Å². The van der Waals surface area contributed by atoms with Crippen LogP contribution in [0.15, 0.2) is 90.6 Å². The lowest BCUT2D eigenvalue weighted by atomic mass is 9.67. The van der Waals surface area contributed by atoms with Crippen LogP contribution in [0, 0.1) is 31.6 Å². The highest BCUT2D eigenvalue weighted by Crippen LogP contribution is 2.47. The van der Waals surface area contributed by atoms with E-state index in [1.165, 1.54) is 46.0 Å². The first-order chi connectivity index (χ1) is 24.4. The van der Waals surface area contributed by atoms with Crippen molar-refractivity contribution in [2.75, 3.05) is 0 Å². The molecule has 1 aliphatic rings. The Morgan fingerprint density at radius 1 is 0.725 bits per heavy atom. The number of nitrogens with zero attached hydrogens (tertiary/aromatic N) is 4. The van der Waals surface area contributed by atoms with Crippen molar-refractivity contribution < 1.29 is 4.74 Å². The molecule has 3 aromatic heterocycles. The lowest BCUT2D eigenvalue weighted by Gasteiger charge is -2.37. The van der Waals surface area contributed by atoms with E-state index in [0.717, 1.165) is 39.7 Å². The lowest BCUT2D eigenvalue weighted by Crippen LogP contribution is -2.26. The molecular formula is C46H54N4O. The van der Waals surface area contributed by atoms with E-state index in [1.807, 2.05) is 6.20 Å². The average molecular weight is 679 g/mol. The maximum atomic E-state index is 6.79. The molecule has 3 heterocycles. The van der Waals surface area contributed by atoms with E-state index >= 15 is 0 Å². The SMILES string of the molecule is Cc1nn(-c2cc(Oc3ccc4c5ccccc5n(-c5cc(C(C)C)ccn5)c4c3)cc(C(C)C)c2)c(C)c1C1C(C(C)C)=CCC[C@@H]1C(C)C. The fraction of sp³-hybridized carbons (Fsp3) is 0.391. The van der Waals surface area contributed by atoms with Crippen molar-refractivity contribution in [3.63, 3.8) is 0 Å². The molecule has 0 amide bonds. The van der Waals surface area contributed by atoms with Gasteiger partial charge in [0.15, 0.2) is 0 Å². The van der Waals surface area contributed by atoms with Gasteiger partial charge < -0.3 is 4.74 Å². The molecule has 0 spiro atoms. The Hall–Kier alpha value is -4.64. The topological polar surface area (TPSA) is 44.9 Å². The summed E-state index contributed by atoms with van der Waals surface area (Å²) in [7, 11) is 0. The van der Waals surface area contributed by atoms with Crippen molar-refractivity contribution in [1.29, 1.82) is 0 Å². The van der Waals surface area contributed by atoms with Crippen molar-refractivity contribution in [1.82, 2.24) is 19.3 Å². The molecule has 6 aromatic rings. The Bertz CT molecular complexity index is 2250. The summed E-state index contributed by atoms with van der Waals surface area (Å²) in [6.07, 6.45) is 6.84. The van der Waals surface area contributed by atoms with Gasteiger partial charge in [0.05, 0.1) is 22.4 Å². The number of rotatable bonds is 9. The maximum Gasteiger partial charge on any atom is 0.137 e. The third-order valence-corrected chi connectivity index (χ3v) is 11.2. The minimum Gasteiger partial charge on any atom is -0.457 e. The molecule has 7 rings (SSSR count). The maximum absolute atomic E-state index is 6.79. The van der Waals surface area contributed by atoms with Crippen molar-refractivity contribution in [3.05, 3.63) is 119 Å². The monoisotopic (exact) mass is 678 g/mol. The fourth-order valence-corrected chi connectivity index (χ4v) is 8.47. The van der Waals surface area contributed by atoms with E-state index in [-0.39, 0.29) is 0 Å². The number of aryl methyl sites for hydroxylation is 1. The van der Waals surface area contributed by atoms with Gasteiger partial charge in [0.1, 0.15) is 17.3 Å². The molecule has 0 saturated carbocycles. The van der Waals surface area contributed by atoms with E-state index in [4.69, 9.17) is 14.8 Å². The Labute approximate surface area is 304 Å². The van der Waals surface area contributed by atoms with E-state index in [9.17, 15) is 0 Å². The number of ether oxygens (including phenoxy) is 1. The van der Waals surface area contributed by atoms with Crippen LogP contribution < -0.4 is 4.74 Å². The van der Waals surface area contributed by atoms with E-state index < -0.39 is 0 Å². The quantitative estimate of drug-likeness (QED) is 0.143. The summed E-state index contributed by atoms with van der Waals surface area (Å²) >= 11 is 0. The minimum atomic E-state index is 0.326. The van der Waals surface area contributed by atoms with Gasteiger partial charge in [-0.2, -0.15) is 5.10 Å². The highest BCUT2D eigenvalue weighted by atomic mass is 16.5. The number of hydrogen-bond donors (Lipinski definition) is 0. The van der Waals surface area contributed by atoms with Crippen LogP contribution in [0.25, 0.3) is 33.3 Å². The van der Waals surface area contributed by atoms with Gasteiger partial charge in [0.25, 0.3) is 0 Å². The second-order valence-corrected chi connectivity index (χ2v) is 16.0. The zero-order chi connectivity index (χ0) is 36.1. The van der Waals surface area contributed by atoms with Gasteiger partial charge >= 0.3 is 0 Å². The van der Waals surface area contributed by atoms with Crippen LogP contribution in [0.1, 0.15) is 114 Å². The van der Waals surface area contributed by atoms with Gasteiger partial charge in [-0.05, 0) is 110 Å². The summed E-state index contributed by atoms with van der Waals surface area (Å²) in [6.45, 7) is 22.9. The summed E-state index contributed by atoms with van der Waals surface area (Å²) in [5.74, 6) is 5.38. The molecule has 0 N–H and O–H groups in total. The Balaban J connectivity index is 1.32. The van der Waals surface area contributed by atoms with E-state index in [1.54, 1.807) is 5.57 Å². The minimum absolute atomic E-state index is 0.326. The number of para-hydroxylation sites is 1. The molecule has 5 heteroatoms. The molecule has 1 aliphatic carbocycles. The molecular weight excluding hydrogens is 625 g/mol. The Morgan fingerprint density at radius 2 is 1.47 bits per heavy atom. The summed E-state index contributed by atoms with van der Waals surface area (Å²) < 4.78 is 11.2. The van der Waals surface area contributed by atoms with E-state index in [2.05, 4.69) is 157 Å². The van der Waals surface area contributed by atoms with E-state index in [0.29, 0.717) is 35.5 Å². The van der Waals surface area contributed by atoms with Crippen molar-refractivity contribution in [2.24, 2.45) is 17.8 Å². The van der Waals surface area contributed by atoms with Crippen LogP contribution in [0.5, 0.6) is 11.5 Å². The number of pyridine rings is 1. The predicted octanol–water partition coefficient (Wildman–Crippen LogP) is 12.8. The molecule has 3 aromatic carbocycles. The Kier molecular flexibility index (Phi) is 9.43. The van der Waals surface area contributed by atoms with Crippen molar-refractivity contribution in [3.8, 4) is 23.0 Å². The molecule has 0 radical (unpaired) electrons. The van der Waals surface area contributed by atoms with Gasteiger partial charge in [0.2, 0.25) is 0 Å². The third kappa shape index (κ3) is 6.41. The van der Waals surface area contributed by atoms with Crippen molar-refractivity contribution >= 4 is 21.8 Å². The van der Waals surface area contributed by atoms with Crippen LogP contribution >= 0.6 is 0 Å². The standard InChI is InChI=1S/C46H54N4O/c1-27(2)33-20-21-47-44(24-33)49-42-17-12-11-14-40(42)41-19-18-36(26-43(41)49)51-37-23-34(28(3)4)22-35(25-37)50-32(10)45(31(9)48-50)46-38(29(5)6)15-13-16-39(46)30(7)8/h11-12,14-15,17-30,39,46H,13,16H2,1-10H3/t39-,46?/m1/s1. The van der Waals surface area contributed by atoms with Gasteiger partial charge in [-0.3, -0.25) is 4.57 Å². The first-order valence-corrected chi connectivity index (χ1v) is 19.0. The molecule has 1 unspecified atom stereocenters. The van der Waals surface area contributed by atoms with Crippen LogP contribution in [-0.4, -0.2) is 19.3 Å². The van der Waals surface area contributed by atoms with Gasteiger partial charge in [-0.25, -0.2) is 9.67 Å². The summed E-state index contributed by atoms with van der Waals surface area (Å²) in [6, 6.07) is 26.0. The predicted molar refractivity (Wildman–Crippen MR) is 213 cm³/mol. The van der Waals surface area contributed by atoms with Crippen LogP contribution in [0.3, 0.4) is 0 Å². The molecule has 0 bridgehead atoms. The van der Waals surface area contributed by atoms with Gasteiger partial charge in [-0.1, -0.05) is 85.2 Å². The average Bonchev–Trinajstić information content (AvgIpc) is 3.59. The molecule has 0 saturated heterocycles. The fourth-order valence-electron chi connectivity index (χ4n) is 8.47. The Morgan fingerprint density at radius 3 is 2.20 bits per heavy atom. The number of allylic oxidation sites excluding steroid dienone is 2. The summed E-state index contributed by atoms with van der Waals surface area (Å²) in [5.41, 5.74) is 11.1. The highest BCUT2D eigenvalue weighted by Gasteiger charge is 2.36. The van der Waals surface area contributed by atoms with Gasteiger partial charge in [-0.15, -0.1) is 0 Å².